The van der Waals surface area contributed by atoms with E-state index in [1.165, 1.54) is 30.9 Å². The Balaban J connectivity index is 1.53. The lowest BCUT2D eigenvalue weighted by molar-refractivity contribution is 0.386. The number of nitrogens with one attached hydrogen (secondary N) is 3. The number of hydrogen-bond donors (Lipinski definition) is 3. The summed E-state index contributed by atoms with van der Waals surface area (Å²) in [5, 5.41) is 10.3. The van der Waals surface area contributed by atoms with Crippen LogP contribution in [0, 0.1) is 0 Å². The number of benzene rings is 1. The first-order valence-electron chi connectivity index (χ1n) is 12.3. The van der Waals surface area contributed by atoms with Crippen LogP contribution in [-0.2, 0) is 6.42 Å². The lowest BCUT2D eigenvalue weighted by atomic mass is 9.94. The van der Waals surface area contributed by atoms with Crippen LogP contribution in [0.3, 0.4) is 0 Å². The van der Waals surface area contributed by atoms with E-state index in [2.05, 4.69) is 56.7 Å². The molecule has 180 valence electrons. The molecule has 1 aromatic heterocycles. The molecule has 6 nitrogen and oxygen atoms in total. The zero-order valence-electron chi connectivity index (χ0n) is 19.9. The van der Waals surface area contributed by atoms with Crippen molar-refractivity contribution in [2.24, 2.45) is 0 Å². The minimum Gasteiger partial charge on any atom is -0.354 e. The van der Waals surface area contributed by atoms with Crippen molar-refractivity contribution in [3.63, 3.8) is 0 Å². The Morgan fingerprint density at radius 3 is 2.76 bits per heavy atom. The highest BCUT2D eigenvalue weighted by Crippen LogP contribution is 2.38. The number of anilines is 3. The molecule has 1 atom stereocenters. The third kappa shape index (κ3) is 5.76. The minimum atomic E-state index is -0.280. The van der Waals surface area contributed by atoms with Crippen LogP contribution >= 0.6 is 0 Å². The fraction of sp³-hybridized carbons (Fsp3) is 0.407. The average Bonchev–Trinajstić information content (AvgIpc) is 3.24. The van der Waals surface area contributed by atoms with Gasteiger partial charge in [-0.25, -0.2) is 9.37 Å². The van der Waals surface area contributed by atoms with Crippen LogP contribution in [0.4, 0.5) is 21.8 Å². The number of allylic oxidation sites excluding steroid dienone is 5. The summed E-state index contributed by atoms with van der Waals surface area (Å²) in [4.78, 5) is 11.7. The quantitative estimate of drug-likeness (QED) is 0.382. The van der Waals surface area contributed by atoms with Crippen LogP contribution in [-0.4, -0.2) is 28.8 Å². The molecule has 0 amide bonds. The first-order valence-corrected chi connectivity index (χ1v) is 12.3. The maximum atomic E-state index is 14.7. The molecule has 3 N–H and O–H groups in total. The van der Waals surface area contributed by atoms with Crippen LogP contribution in [0.15, 0.2) is 72.9 Å². The standard InChI is InChI=1S/C27H35FN6/c1-3-5-16-22(28)23(4-2)31-27-32-24-19-30-26(29-18-17-20-12-8-6-9-13-20)33-25(24)34(27)21-14-10-7-11-15-21/h3,5-6,8-9,12-13,16,19,21,27,31-32H,1,4,7,10-11,14-15,17-18H2,2H3,(H,29,30,33)/b16-5-,23-22-. The monoisotopic (exact) mass is 462 g/mol. The Bertz CT molecular complexity index is 1010. The summed E-state index contributed by atoms with van der Waals surface area (Å²) in [6.45, 7) is 6.33. The summed E-state index contributed by atoms with van der Waals surface area (Å²) < 4.78 is 14.7. The van der Waals surface area contributed by atoms with Gasteiger partial charge in [-0.3, -0.25) is 0 Å². The summed E-state index contributed by atoms with van der Waals surface area (Å²) in [6, 6.07) is 10.7. The van der Waals surface area contributed by atoms with E-state index in [0.717, 1.165) is 37.3 Å². The van der Waals surface area contributed by atoms with Crippen LogP contribution < -0.4 is 20.9 Å². The average molecular weight is 463 g/mol. The number of hydrogen-bond acceptors (Lipinski definition) is 6. The lowest BCUT2D eigenvalue weighted by Crippen LogP contribution is -2.52. The largest absolute Gasteiger partial charge is 0.354 e. The summed E-state index contributed by atoms with van der Waals surface area (Å²) in [5.74, 6) is 1.21. The molecule has 0 saturated heterocycles. The minimum absolute atomic E-state index is 0.273. The predicted octanol–water partition coefficient (Wildman–Crippen LogP) is 5.90. The normalized spacial score (nSPS) is 18.9. The van der Waals surface area contributed by atoms with E-state index in [4.69, 9.17) is 4.98 Å². The van der Waals surface area contributed by atoms with Gasteiger partial charge in [0.15, 0.2) is 12.1 Å². The van der Waals surface area contributed by atoms with Crippen molar-refractivity contribution >= 4 is 17.5 Å². The molecule has 1 aliphatic heterocycles. The third-order valence-electron chi connectivity index (χ3n) is 6.42. The van der Waals surface area contributed by atoms with Gasteiger partial charge in [0.2, 0.25) is 5.95 Å². The Morgan fingerprint density at radius 2 is 2.03 bits per heavy atom. The molecule has 7 heteroatoms. The van der Waals surface area contributed by atoms with E-state index in [1.807, 2.05) is 19.2 Å². The molecule has 2 aliphatic rings. The van der Waals surface area contributed by atoms with Gasteiger partial charge in [0.05, 0.1) is 11.9 Å². The van der Waals surface area contributed by atoms with Crippen molar-refractivity contribution in [2.45, 2.75) is 64.2 Å². The molecule has 4 rings (SSSR count). The van der Waals surface area contributed by atoms with Crippen molar-refractivity contribution in [1.82, 2.24) is 15.3 Å². The molecule has 1 fully saturated rings. The van der Waals surface area contributed by atoms with E-state index < -0.39 is 0 Å². The lowest BCUT2D eigenvalue weighted by Gasteiger charge is -2.37. The zero-order valence-corrected chi connectivity index (χ0v) is 19.9. The maximum Gasteiger partial charge on any atom is 0.224 e. The fourth-order valence-electron chi connectivity index (χ4n) is 4.67. The number of aromatic nitrogens is 2. The van der Waals surface area contributed by atoms with E-state index in [-0.39, 0.29) is 12.1 Å². The van der Waals surface area contributed by atoms with Crippen LogP contribution in [0.2, 0.25) is 0 Å². The second-order valence-electron chi connectivity index (χ2n) is 8.76. The molecule has 2 heterocycles. The van der Waals surface area contributed by atoms with E-state index in [9.17, 15) is 4.39 Å². The molecule has 1 unspecified atom stereocenters. The van der Waals surface area contributed by atoms with Crippen LogP contribution in [0.1, 0.15) is 51.0 Å². The molecule has 0 bridgehead atoms. The Morgan fingerprint density at radius 1 is 1.24 bits per heavy atom. The topological polar surface area (TPSA) is 65.1 Å². The second kappa shape index (κ2) is 11.7. The van der Waals surface area contributed by atoms with Gasteiger partial charge in [-0.2, -0.15) is 4.98 Å². The van der Waals surface area contributed by atoms with Crippen LogP contribution in [0.5, 0.6) is 0 Å². The molecule has 1 aliphatic carbocycles. The molecule has 1 saturated carbocycles. The van der Waals surface area contributed by atoms with Gasteiger partial charge >= 0.3 is 0 Å². The first kappa shape index (κ1) is 23.8. The fourth-order valence-corrected chi connectivity index (χ4v) is 4.67. The van der Waals surface area contributed by atoms with Crippen molar-refractivity contribution in [3.05, 3.63) is 78.4 Å². The Labute approximate surface area is 202 Å². The third-order valence-corrected chi connectivity index (χ3v) is 6.42. The maximum absolute atomic E-state index is 14.7. The van der Waals surface area contributed by atoms with E-state index in [1.54, 1.807) is 12.2 Å². The highest BCUT2D eigenvalue weighted by Gasteiger charge is 2.37. The van der Waals surface area contributed by atoms with Gasteiger partial charge < -0.3 is 20.9 Å². The molecule has 1 aromatic carbocycles. The van der Waals surface area contributed by atoms with Crippen molar-refractivity contribution in [2.75, 3.05) is 22.1 Å². The van der Waals surface area contributed by atoms with Gasteiger partial charge in [0.1, 0.15) is 5.83 Å². The highest BCUT2D eigenvalue weighted by molar-refractivity contribution is 5.73. The van der Waals surface area contributed by atoms with Gasteiger partial charge in [-0.05, 0) is 37.3 Å². The van der Waals surface area contributed by atoms with E-state index >= 15 is 0 Å². The van der Waals surface area contributed by atoms with Gasteiger partial charge in [0, 0.05) is 18.3 Å². The first-order chi connectivity index (χ1) is 16.7. The van der Waals surface area contributed by atoms with E-state index in [0.29, 0.717) is 24.1 Å². The van der Waals surface area contributed by atoms with Crippen LogP contribution in [0.25, 0.3) is 0 Å². The molecule has 2 aromatic rings. The number of fused-ring (bicyclic) bond motifs is 1. The number of halogens is 1. The van der Waals surface area contributed by atoms with Crippen molar-refractivity contribution < 1.29 is 4.39 Å². The summed E-state index contributed by atoms with van der Waals surface area (Å²) >= 11 is 0. The van der Waals surface area contributed by atoms with Crippen molar-refractivity contribution in [3.8, 4) is 0 Å². The summed E-state index contributed by atoms with van der Waals surface area (Å²) in [6.07, 6.45) is 13.5. The predicted molar refractivity (Wildman–Crippen MR) is 138 cm³/mol. The highest BCUT2D eigenvalue weighted by atomic mass is 19.1. The zero-order chi connectivity index (χ0) is 23.8. The molecule has 34 heavy (non-hydrogen) atoms. The van der Waals surface area contributed by atoms with Crippen molar-refractivity contribution in [1.29, 1.82) is 0 Å². The number of nitrogens with zero attached hydrogens (tertiary/aromatic N) is 3. The second-order valence-corrected chi connectivity index (χ2v) is 8.76. The SMILES string of the molecule is C=C/C=C\C(F)=C(/CC)NC1Nc2cnc(NCCc3ccccc3)nc2N1C1CCCCC1. The molecular weight excluding hydrogens is 427 g/mol. The number of rotatable bonds is 10. The summed E-state index contributed by atoms with van der Waals surface area (Å²) in [7, 11) is 0. The van der Waals surface area contributed by atoms with Gasteiger partial charge in [0.25, 0.3) is 0 Å². The Kier molecular flexibility index (Phi) is 8.17. The smallest absolute Gasteiger partial charge is 0.224 e. The van der Waals surface area contributed by atoms with Gasteiger partial charge in [-0.1, -0.05) is 75.2 Å². The molecule has 0 radical (unpaired) electrons. The van der Waals surface area contributed by atoms with Gasteiger partial charge in [-0.15, -0.1) is 0 Å². The molecule has 0 spiro atoms. The Hall–Kier alpha value is -3.35. The summed E-state index contributed by atoms with van der Waals surface area (Å²) in [5.41, 5.74) is 2.70. The molecular formula is C27H35FN6.